The fourth-order valence-electron chi connectivity index (χ4n) is 2.77. The smallest absolute Gasteiger partial charge is 0.287 e. The van der Waals surface area contributed by atoms with Crippen molar-refractivity contribution in [3.05, 3.63) is 47.7 Å². The lowest BCUT2D eigenvalue weighted by atomic mass is 10.2. The lowest BCUT2D eigenvalue weighted by Crippen LogP contribution is -2.36. The number of anilines is 1. The first-order chi connectivity index (χ1) is 10.8. The van der Waals surface area contributed by atoms with Crippen LogP contribution in [0.25, 0.3) is 11.0 Å². The van der Waals surface area contributed by atoms with E-state index in [0.717, 1.165) is 35.6 Å². The van der Waals surface area contributed by atoms with Gasteiger partial charge in [0.15, 0.2) is 10.9 Å². The maximum Gasteiger partial charge on any atom is 0.287 e. The van der Waals surface area contributed by atoms with Gasteiger partial charge >= 0.3 is 0 Å². The van der Waals surface area contributed by atoms with E-state index in [-0.39, 0.29) is 11.9 Å². The van der Waals surface area contributed by atoms with Gasteiger partial charge in [-0.15, -0.1) is 11.3 Å². The van der Waals surface area contributed by atoms with Crippen LogP contribution >= 0.6 is 11.3 Å². The first-order valence-corrected chi connectivity index (χ1v) is 8.11. The maximum atomic E-state index is 12.3. The molecule has 4 rings (SSSR count). The minimum atomic E-state index is -0.151. The van der Waals surface area contributed by atoms with Gasteiger partial charge in [0.2, 0.25) is 0 Å². The van der Waals surface area contributed by atoms with E-state index in [1.807, 2.05) is 29.6 Å². The predicted molar refractivity (Wildman–Crippen MR) is 86.4 cm³/mol. The van der Waals surface area contributed by atoms with Crippen LogP contribution in [-0.4, -0.2) is 30.0 Å². The van der Waals surface area contributed by atoms with Crippen LogP contribution in [0, 0.1) is 0 Å². The number of hydrogen-bond acceptors (Lipinski definition) is 5. The highest BCUT2D eigenvalue weighted by atomic mass is 32.1. The first-order valence-electron chi connectivity index (χ1n) is 7.23. The fourth-order valence-corrected chi connectivity index (χ4v) is 3.45. The summed E-state index contributed by atoms with van der Waals surface area (Å²) < 4.78 is 5.60. The van der Waals surface area contributed by atoms with Crippen molar-refractivity contribution in [3.8, 4) is 0 Å². The van der Waals surface area contributed by atoms with Crippen LogP contribution in [0.3, 0.4) is 0 Å². The number of benzene rings is 1. The number of amides is 1. The Morgan fingerprint density at radius 3 is 3.14 bits per heavy atom. The number of rotatable bonds is 3. The van der Waals surface area contributed by atoms with E-state index in [1.54, 1.807) is 23.6 Å². The largest absolute Gasteiger partial charge is 0.451 e. The topological polar surface area (TPSA) is 58.4 Å². The maximum absolute atomic E-state index is 12.3. The van der Waals surface area contributed by atoms with Crippen molar-refractivity contribution in [2.45, 2.75) is 12.5 Å². The van der Waals surface area contributed by atoms with Gasteiger partial charge in [-0.05, 0) is 18.6 Å². The molecule has 22 heavy (non-hydrogen) atoms. The molecule has 1 aliphatic heterocycles. The van der Waals surface area contributed by atoms with Crippen molar-refractivity contribution >= 4 is 33.3 Å². The van der Waals surface area contributed by atoms with Gasteiger partial charge in [-0.2, -0.15) is 0 Å². The molecule has 0 radical (unpaired) electrons. The Labute approximate surface area is 131 Å². The molecule has 1 aromatic carbocycles. The molecule has 3 aromatic rings. The van der Waals surface area contributed by atoms with Crippen LogP contribution in [-0.2, 0) is 0 Å². The van der Waals surface area contributed by atoms with Crippen molar-refractivity contribution in [2.24, 2.45) is 0 Å². The Hall–Kier alpha value is -2.34. The highest BCUT2D eigenvalue weighted by Crippen LogP contribution is 2.23. The highest BCUT2D eigenvalue weighted by Gasteiger charge is 2.26. The summed E-state index contributed by atoms with van der Waals surface area (Å²) in [5.41, 5.74) is 0.739. The fraction of sp³-hybridized carbons (Fsp3) is 0.250. The lowest BCUT2D eigenvalue weighted by molar-refractivity contribution is 0.0914. The average molecular weight is 313 g/mol. The summed E-state index contributed by atoms with van der Waals surface area (Å²) in [4.78, 5) is 18.8. The molecule has 0 saturated carbocycles. The minimum absolute atomic E-state index is 0.129. The van der Waals surface area contributed by atoms with E-state index in [4.69, 9.17) is 4.42 Å². The monoisotopic (exact) mass is 313 g/mol. The Morgan fingerprint density at radius 2 is 2.32 bits per heavy atom. The average Bonchev–Trinajstić information content (AvgIpc) is 3.26. The third kappa shape index (κ3) is 2.46. The van der Waals surface area contributed by atoms with Gasteiger partial charge in [0.1, 0.15) is 5.58 Å². The van der Waals surface area contributed by atoms with Crippen LogP contribution in [0.1, 0.15) is 17.0 Å². The number of carbonyl (C=O) groups is 1. The Kier molecular flexibility index (Phi) is 3.31. The minimum Gasteiger partial charge on any atom is -0.451 e. The van der Waals surface area contributed by atoms with E-state index in [9.17, 15) is 4.79 Å². The molecule has 0 unspecified atom stereocenters. The number of aromatic nitrogens is 1. The van der Waals surface area contributed by atoms with E-state index >= 15 is 0 Å². The van der Waals surface area contributed by atoms with Crippen LogP contribution in [0.15, 0.2) is 46.3 Å². The number of hydrogen-bond donors (Lipinski definition) is 1. The standard InChI is InChI=1S/C16H15N3O2S/c20-15(14-9-11-3-1-2-4-13(11)21-14)18-12-5-7-19(10-12)16-17-6-8-22-16/h1-4,6,8-9,12H,5,7,10H2,(H,18,20)/t12-/m1/s1. The molecule has 1 fully saturated rings. The van der Waals surface area contributed by atoms with Crippen molar-refractivity contribution in [3.63, 3.8) is 0 Å². The van der Waals surface area contributed by atoms with Crippen LogP contribution in [0.4, 0.5) is 5.13 Å². The van der Waals surface area contributed by atoms with Crippen molar-refractivity contribution in [1.29, 1.82) is 0 Å². The second-order valence-electron chi connectivity index (χ2n) is 5.37. The lowest BCUT2D eigenvalue weighted by Gasteiger charge is -2.15. The summed E-state index contributed by atoms with van der Waals surface area (Å²) in [7, 11) is 0. The molecular formula is C16H15N3O2S. The van der Waals surface area contributed by atoms with Gasteiger partial charge in [0.25, 0.3) is 5.91 Å². The Balaban J connectivity index is 1.44. The summed E-state index contributed by atoms with van der Waals surface area (Å²) >= 11 is 1.62. The number of furan rings is 1. The second-order valence-corrected chi connectivity index (χ2v) is 6.24. The van der Waals surface area contributed by atoms with Gasteiger partial charge in [-0.3, -0.25) is 4.79 Å². The quantitative estimate of drug-likeness (QED) is 0.808. The van der Waals surface area contributed by atoms with Crippen LogP contribution in [0.5, 0.6) is 0 Å². The summed E-state index contributed by atoms with van der Waals surface area (Å²) in [6, 6.07) is 9.56. The van der Waals surface area contributed by atoms with E-state index in [2.05, 4.69) is 15.2 Å². The van der Waals surface area contributed by atoms with Gasteiger partial charge in [-0.1, -0.05) is 18.2 Å². The molecule has 6 heteroatoms. The van der Waals surface area contributed by atoms with Crippen LogP contribution < -0.4 is 10.2 Å². The third-order valence-electron chi connectivity index (χ3n) is 3.86. The third-order valence-corrected chi connectivity index (χ3v) is 4.69. The van der Waals surface area contributed by atoms with Gasteiger partial charge in [0.05, 0.1) is 0 Å². The zero-order valence-electron chi connectivity index (χ0n) is 11.9. The summed E-state index contributed by atoms with van der Waals surface area (Å²) in [6.07, 6.45) is 2.73. The summed E-state index contributed by atoms with van der Waals surface area (Å²) in [6.45, 7) is 1.71. The number of nitrogens with one attached hydrogen (secondary N) is 1. The molecule has 1 saturated heterocycles. The zero-order chi connectivity index (χ0) is 14.9. The number of carbonyl (C=O) groups excluding carboxylic acids is 1. The molecular weight excluding hydrogens is 298 g/mol. The summed E-state index contributed by atoms with van der Waals surface area (Å²) in [5.74, 6) is 0.219. The molecule has 112 valence electrons. The second kappa shape index (κ2) is 5.46. The first kappa shape index (κ1) is 13.3. The normalized spacial score (nSPS) is 18.0. The number of nitrogens with zero attached hydrogens (tertiary/aromatic N) is 2. The predicted octanol–water partition coefficient (Wildman–Crippen LogP) is 2.90. The van der Waals surface area contributed by atoms with E-state index in [0.29, 0.717) is 5.76 Å². The number of thiazole rings is 1. The summed E-state index contributed by atoms with van der Waals surface area (Å²) in [5, 5.41) is 6.98. The molecule has 1 amide bonds. The molecule has 1 aliphatic rings. The van der Waals surface area contributed by atoms with Gasteiger partial charge in [-0.25, -0.2) is 4.98 Å². The Morgan fingerprint density at radius 1 is 1.41 bits per heavy atom. The van der Waals surface area contributed by atoms with Crippen molar-refractivity contribution in [1.82, 2.24) is 10.3 Å². The molecule has 2 aromatic heterocycles. The van der Waals surface area contributed by atoms with Crippen molar-refractivity contribution in [2.75, 3.05) is 18.0 Å². The van der Waals surface area contributed by atoms with Crippen molar-refractivity contribution < 1.29 is 9.21 Å². The SMILES string of the molecule is O=C(N[C@@H]1CCN(c2nccs2)C1)c1cc2ccccc2o1. The molecule has 0 bridgehead atoms. The van der Waals surface area contributed by atoms with Gasteiger partial charge < -0.3 is 14.6 Å². The van der Waals surface area contributed by atoms with E-state index < -0.39 is 0 Å². The molecule has 1 atom stereocenters. The van der Waals surface area contributed by atoms with Crippen LogP contribution in [0.2, 0.25) is 0 Å². The van der Waals surface area contributed by atoms with Gasteiger partial charge in [0, 0.05) is 36.1 Å². The number of fused-ring (bicyclic) bond motifs is 1. The molecule has 0 spiro atoms. The molecule has 0 aliphatic carbocycles. The molecule has 5 nitrogen and oxygen atoms in total. The Bertz CT molecular complexity index is 764. The highest BCUT2D eigenvalue weighted by molar-refractivity contribution is 7.13. The van der Waals surface area contributed by atoms with E-state index in [1.165, 1.54) is 0 Å². The zero-order valence-corrected chi connectivity index (χ0v) is 12.7. The molecule has 1 N–H and O–H groups in total. The molecule has 3 heterocycles. The number of para-hydroxylation sites is 1.